The first-order valence-electron chi connectivity index (χ1n) is 8.23. The Hall–Kier alpha value is -1.89. The van der Waals surface area contributed by atoms with Gasteiger partial charge in [0.2, 0.25) is 0 Å². The van der Waals surface area contributed by atoms with Crippen molar-refractivity contribution in [2.45, 2.75) is 27.3 Å². The normalized spacial score (nSPS) is 9.59. The van der Waals surface area contributed by atoms with E-state index in [-0.39, 0.29) is 32.7 Å². The second kappa shape index (κ2) is 10.4. The predicted molar refractivity (Wildman–Crippen MR) is 99.3 cm³/mol. The van der Waals surface area contributed by atoms with Crippen molar-refractivity contribution in [3.8, 4) is 22.4 Å². The van der Waals surface area contributed by atoms with Gasteiger partial charge >= 0.3 is 111 Å². The number of aryl methyl sites for hydroxylation is 3. The van der Waals surface area contributed by atoms with Crippen LogP contribution in [0.2, 0.25) is 0 Å². The van der Waals surface area contributed by atoms with Crippen LogP contribution < -0.4 is 33.9 Å². The topological polar surface area (TPSA) is 24.8 Å². The number of benzene rings is 1. The van der Waals surface area contributed by atoms with Crippen molar-refractivity contribution in [3.63, 3.8) is 0 Å². The third-order valence-electron chi connectivity index (χ3n) is 4.27. The Morgan fingerprint density at radius 1 is 0.852 bits per heavy atom. The monoisotopic (exact) mass is 418 g/mol. The third-order valence-corrected chi connectivity index (χ3v) is 4.54. The number of rotatable bonds is 3. The molecule has 140 valence electrons. The third kappa shape index (κ3) is 5.54. The molecular weight excluding hydrogens is 398 g/mol. The van der Waals surface area contributed by atoms with E-state index in [0.717, 1.165) is 5.56 Å². The van der Waals surface area contributed by atoms with Crippen LogP contribution in [0.5, 0.6) is 0 Å². The zero-order valence-corrected chi connectivity index (χ0v) is 17.9. The molecule has 0 bridgehead atoms. The van der Waals surface area contributed by atoms with Gasteiger partial charge in [-0.15, -0.1) is 0 Å². The first-order chi connectivity index (χ1) is 12.1. The van der Waals surface area contributed by atoms with E-state index in [9.17, 15) is 4.57 Å². The second-order valence-corrected chi connectivity index (χ2v) is 6.75. The number of hydrogen-bond donors (Lipinski definition) is 0. The van der Waals surface area contributed by atoms with E-state index in [2.05, 4.69) is 79.8 Å². The van der Waals surface area contributed by atoms with E-state index < -0.39 is 0 Å². The van der Waals surface area contributed by atoms with Crippen LogP contribution in [0.15, 0.2) is 61.2 Å². The number of nitrogens with zero attached hydrogens (tertiary/aromatic N) is 2. The summed E-state index contributed by atoms with van der Waals surface area (Å²) in [6.45, 7) is 6.96. The predicted octanol–water partition coefficient (Wildman–Crippen LogP) is -1.90. The first kappa shape index (κ1) is 23.1. The molecule has 0 radical (unpaired) electrons. The molecule has 0 fully saturated rings. The summed E-state index contributed by atoms with van der Waals surface area (Å²) in [6, 6.07) is 12.8. The maximum atomic E-state index is 10.5. The smallest absolute Gasteiger partial charge is 1.00 e. The number of pyridine rings is 2. The molecular formula is C21H21Cl2N2OP. The molecule has 0 N–H and O–H groups in total. The van der Waals surface area contributed by atoms with Gasteiger partial charge in [-0.1, -0.05) is 5.56 Å². The summed E-state index contributed by atoms with van der Waals surface area (Å²) in [5.74, 6) is 0. The second-order valence-electron chi connectivity index (χ2n) is 6.25. The van der Waals surface area contributed by atoms with E-state index in [1.807, 2.05) is 17.0 Å². The summed E-state index contributed by atoms with van der Waals surface area (Å²) in [6.07, 6.45) is 8.17. The van der Waals surface area contributed by atoms with E-state index >= 15 is 0 Å². The summed E-state index contributed by atoms with van der Waals surface area (Å²) >= 11 is 0. The van der Waals surface area contributed by atoms with Crippen LogP contribution in [0.25, 0.3) is 16.8 Å². The minimum atomic E-state index is -0.0564. The van der Waals surface area contributed by atoms with Crippen molar-refractivity contribution in [2.75, 3.05) is 0 Å². The SMILES string of the molecule is Cc1cc(C)c(-[n+]2ccc(-c3cc[n+](CC#P=O)cc3)cc2)c(C)c1.[Cl-].[Cl-]. The molecule has 1 aromatic carbocycles. The van der Waals surface area contributed by atoms with Gasteiger partial charge in [-0.05, 0) is 32.9 Å². The molecule has 0 unspecified atom stereocenters. The van der Waals surface area contributed by atoms with Crippen LogP contribution in [-0.2, 0) is 11.1 Å². The van der Waals surface area contributed by atoms with Gasteiger partial charge in [0.05, 0.1) is 0 Å². The number of aromatic nitrogens is 2. The molecule has 0 saturated carbocycles. The van der Waals surface area contributed by atoms with E-state index in [0.29, 0.717) is 6.54 Å². The zero-order chi connectivity index (χ0) is 17.8. The van der Waals surface area contributed by atoms with Gasteiger partial charge < -0.3 is 24.8 Å². The van der Waals surface area contributed by atoms with Crippen molar-refractivity contribution in [3.05, 3.63) is 77.9 Å². The van der Waals surface area contributed by atoms with Crippen molar-refractivity contribution >= 4 is 7.92 Å². The Bertz CT molecular complexity index is 991. The molecule has 6 heteroatoms. The van der Waals surface area contributed by atoms with E-state index in [1.54, 1.807) is 0 Å². The number of halogens is 2. The van der Waals surface area contributed by atoms with Gasteiger partial charge in [-0.3, -0.25) is 0 Å². The van der Waals surface area contributed by atoms with Crippen molar-refractivity contribution in [2.24, 2.45) is 0 Å². The summed E-state index contributed by atoms with van der Waals surface area (Å²) in [4.78, 5) is 0. The van der Waals surface area contributed by atoms with E-state index in [4.69, 9.17) is 0 Å². The molecule has 3 aromatic rings. The minimum Gasteiger partial charge on any atom is -1.00 e. The van der Waals surface area contributed by atoms with Gasteiger partial charge in [-0.2, -0.15) is 0 Å². The molecule has 2 heterocycles. The first-order valence-corrected chi connectivity index (χ1v) is 9.04. The maximum absolute atomic E-state index is 10.5. The van der Waals surface area contributed by atoms with Gasteiger partial charge in [-0.25, -0.2) is 0 Å². The quantitative estimate of drug-likeness (QED) is 0.360. The molecule has 0 aliphatic carbocycles. The number of hydrogen-bond acceptors (Lipinski definition) is 1. The average molecular weight is 419 g/mol. The molecule has 2 aromatic heterocycles. The Labute approximate surface area is 174 Å². The Kier molecular flexibility index (Phi) is 8.96. The molecule has 3 nitrogen and oxygen atoms in total. The van der Waals surface area contributed by atoms with E-state index in [1.165, 1.54) is 27.9 Å². The fourth-order valence-corrected chi connectivity index (χ4v) is 3.43. The minimum absolute atomic E-state index is 0. The molecule has 3 rings (SSSR count). The standard InChI is InChI=1S/C21H21N2OP.2ClH/c1-16-14-17(2)21(18(3)15-16)23-10-6-20(7-11-23)19-4-8-22(9-5-19)12-13-25-24;;/h4-11,14-15H,12H2,1-3H3;2*1H/q+2;;/p-2. The van der Waals surface area contributed by atoms with Crippen LogP contribution in [0, 0.1) is 26.4 Å². The molecule has 0 amide bonds. The fraction of sp³-hybridized carbons (Fsp3) is 0.190. The summed E-state index contributed by atoms with van der Waals surface area (Å²) in [7, 11) is -0.0564. The Balaban J connectivity index is 0.00000182. The van der Waals surface area contributed by atoms with Crippen molar-refractivity contribution in [1.82, 2.24) is 0 Å². The molecule has 0 aliphatic heterocycles. The Morgan fingerprint density at radius 3 is 1.81 bits per heavy atom. The van der Waals surface area contributed by atoms with Crippen molar-refractivity contribution in [1.29, 1.82) is 0 Å². The Morgan fingerprint density at radius 2 is 1.33 bits per heavy atom. The molecule has 0 spiro atoms. The van der Waals surface area contributed by atoms with Crippen LogP contribution >= 0.6 is 7.92 Å². The van der Waals surface area contributed by atoms with Crippen LogP contribution in [0.1, 0.15) is 16.7 Å². The van der Waals surface area contributed by atoms with Gasteiger partial charge in [0, 0.05) is 0 Å². The zero-order valence-electron chi connectivity index (χ0n) is 15.5. The fourth-order valence-electron chi connectivity index (χ4n) is 3.21. The molecule has 27 heavy (non-hydrogen) atoms. The summed E-state index contributed by atoms with van der Waals surface area (Å²) in [5.41, 5.74) is 10.2. The molecule has 0 atom stereocenters. The summed E-state index contributed by atoms with van der Waals surface area (Å²) in [5, 5.41) is 0. The van der Waals surface area contributed by atoms with Gasteiger partial charge in [0.15, 0.2) is 0 Å². The van der Waals surface area contributed by atoms with Crippen LogP contribution in [0.4, 0.5) is 0 Å². The molecule has 0 saturated heterocycles. The van der Waals surface area contributed by atoms with Crippen LogP contribution in [0.3, 0.4) is 0 Å². The van der Waals surface area contributed by atoms with Gasteiger partial charge in [0.25, 0.3) is 0 Å². The molecule has 0 aliphatic rings. The van der Waals surface area contributed by atoms with Gasteiger partial charge in [0.1, 0.15) is 0 Å². The van der Waals surface area contributed by atoms with Crippen LogP contribution in [-0.4, -0.2) is 0 Å². The van der Waals surface area contributed by atoms with Crippen molar-refractivity contribution < 1.29 is 38.5 Å². The average Bonchev–Trinajstić information content (AvgIpc) is 2.60. The summed E-state index contributed by atoms with van der Waals surface area (Å²) < 4.78 is 14.6.